The third-order valence-electron chi connectivity index (χ3n) is 8.30. The van der Waals surface area contributed by atoms with E-state index in [4.69, 9.17) is 0 Å². The third kappa shape index (κ3) is 3.98. The second-order valence-electron chi connectivity index (χ2n) is 11.7. The molecule has 3 aromatic rings. The lowest BCUT2D eigenvalue weighted by atomic mass is 9.48. The summed E-state index contributed by atoms with van der Waals surface area (Å²) in [6.07, 6.45) is 8.18. The maximum Gasteiger partial charge on any atom is 0.399 e. The van der Waals surface area contributed by atoms with Gasteiger partial charge >= 0.3 is 6.85 Å². The van der Waals surface area contributed by atoms with Crippen molar-refractivity contribution in [2.45, 2.75) is 66.2 Å². The van der Waals surface area contributed by atoms with E-state index in [0.717, 1.165) is 5.92 Å². The summed E-state index contributed by atoms with van der Waals surface area (Å²) in [5, 5.41) is 4.21. The van der Waals surface area contributed by atoms with E-state index in [1.54, 1.807) is 0 Å². The molecule has 0 saturated heterocycles. The summed E-state index contributed by atoms with van der Waals surface area (Å²) in [4.78, 5) is 2.56. The van der Waals surface area contributed by atoms with Crippen LogP contribution in [0.5, 0.6) is 0 Å². The van der Waals surface area contributed by atoms with Gasteiger partial charge in [-0.25, -0.2) is 4.57 Å². The summed E-state index contributed by atoms with van der Waals surface area (Å²) in [6, 6.07) is 20.6. The van der Waals surface area contributed by atoms with Crippen molar-refractivity contribution >= 4 is 34.5 Å². The molecule has 0 amide bonds. The van der Waals surface area contributed by atoms with Crippen LogP contribution in [0.1, 0.15) is 65.4 Å². The molecule has 2 nitrogen and oxygen atoms in total. The van der Waals surface area contributed by atoms with Crippen LogP contribution in [0.2, 0.25) is 0 Å². The number of fused-ring (bicyclic) bond motifs is 2. The minimum atomic E-state index is 0.0597. The highest BCUT2D eigenvalue weighted by Gasteiger charge is 2.40. The van der Waals surface area contributed by atoms with Crippen molar-refractivity contribution in [1.29, 1.82) is 0 Å². The molecule has 2 aromatic carbocycles. The normalized spacial score (nSPS) is 17.5. The Morgan fingerprint density at radius 1 is 0.941 bits per heavy atom. The standard InChI is InChI=1S/C31H40BN2/c1-22-25-16-10-11-18-27(25)30(31(2,3)4)34(6)32(22)29-21-24(20-23-14-8-7-9-15-23)26-17-12-13-19-28(26)33(29)5/h10-13,16-19,21,23H,7-9,14-15,20H2,1-6H3/q+1. The summed E-state index contributed by atoms with van der Waals surface area (Å²) in [5.41, 5.74) is 7.22. The number of nitrogens with zero attached hydrogens (tertiary/aromatic N) is 2. The van der Waals surface area contributed by atoms with Gasteiger partial charge in [0.2, 0.25) is 5.52 Å². The number of rotatable bonds is 3. The van der Waals surface area contributed by atoms with E-state index >= 15 is 0 Å². The first-order chi connectivity index (χ1) is 16.3. The molecule has 2 aliphatic rings. The summed E-state index contributed by atoms with van der Waals surface area (Å²) >= 11 is 0. The van der Waals surface area contributed by atoms with Gasteiger partial charge in [-0.15, -0.1) is 0 Å². The highest BCUT2D eigenvalue weighted by molar-refractivity contribution is 6.86. The Kier molecular flexibility index (Phi) is 6.08. The molecule has 1 fully saturated rings. The molecule has 0 atom stereocenters. The molecular formula is C31H40BN2+. The van der Waals surface area contributed by atoms with E-state index in [1.807, 2.05) is 0 Å². The Balaban J connectivity index is 1.73. The number of aromatic nitrogens is 1. The smallest absolute Gasteiger partial charge is 0.399 e. The number of aryl methyl sites for hydroxylation is 1. The zero-order chi connectivity index (χ0) is 24.0. The summed E-state index contributed by atoms with van der Waals surface area (Å²) in [5.74, 6) is 0.823. The molecule has 0 spiro atoms. The number of hydrogen-bond donors (Lipinski definition) is 0. The van der Waals surface area contributed by atoms with E-state index in [9.17, 15) is 0 Å². The Labute approximate surface area is 206 Å². The Bertz CT molecular complexity index is 1340. The van der Waals surface area contributed by atoms with Crippen molar-refractivity contribution in [3.8, 4) is 0 Å². The van der Waals surface area contributed by atoms with Crippen molar-refractivity contribution in [3.63, 3.8) is 0 Å². The average molecular weight is 451 g/mol. The number of hydrogen-bond acceptors (Lipinski definition) is 1. The van der Waals surface area contributed by atoms with Crippen LogP contribution in [0.15, 0.2) is 54.6 Å². The Hall–Kier alpha value is -2.55. The fourth-order valence-electron chi connectivity index (χ4n) is 6.81. The van der Waals surface area contributed by atoms with E-state index in [-0.39, 0.29) is 12.3 Å². The maximum absolute atomic E-state index is 2.56. The van der Waals surface area contributed by atoms with Gasteiger partial charge < -0.3 is 4.81 Å². The molecule has 3 heteroatoms. The zero-order valence-corrected chi connectivity index (χ0v) is 22.0. The second kappa shape index (κ2) is 8.91. The van der Waals surface area contributed by atoms with E-state index < -0.39 is 0 Å². The van der Waals surface area contributed by atoms with Crippen molar-refractivity contribution in [2.75, 3.05) is 7.05 Å². The third-order valence-corrected chi connectivity index (χ3v) is 8.30. The lowest BCUT2D eigenvalue weighted by molar-refractivity contribution is -0.627. The Morgan fingerprint density at radius 3 is 2.29 bits per heavy atom. The number of benzene rings is 2. The van der Waals surface area contributed by atoms with Gasteiger partial charge in [-0.05, 0) is 48.4 Å². The van der Waals surface area contributed by atoms with Gasteiger partial charge in [0.1, 0.15) is 7.05 Å². The average Bonchev–Trinajstić information content (AvgIpc) is 2.82. The van der Waals surface area contributed by atoms with Crippen molar-refractivity contribution in [2.24, 2.45) is 18.4 Å². The van der Waals surface area contributed by atoms with Crippen molar-refractivity contribution in [3.05, 3.63) is 70.6 Å². The second-order valence-corrected chi connectivity index (χ2v) is 11.7. The van der Waals surface area contributed by atoms with E-state index in [1.165, 1.54) is 82.2 Å². The predicted molar refractivity (Wildman–Crippen MR) is 146 cm³/mol. The highest BCUT2D eigenvalue weighted by Crippen LogP contribution is 2.32. The highest BCUT2D eigenvalue weighted by atomic mass is 15.1. The van der Waals surface area contributed by atoms with Crippen molar-refractivity contribution in [1.82, 2.24) is 4.81 Å². The molecule has 1 aliphatic carbocycles. The van der Waals surface area contributed by atoms with Gasteiger partial charge in [0.25, 0.3) is 0 Å². The summed E-state index contributed by atoms with van der Waals surface area (Å²) in [7, 11) is 4.57. The fourth-order valence-corrected chi connectivity index (χ4v) is 6.81. The molecule has 0 radical (unpaired) electrons. The van der Waals surface area contributed by atoms with Gasteiger partial charge in [-0.1, -0.05) is 94.7 Å². The van der Waals surface area contributed by atoms with Crippen LogP contribution >= 0.6 is 0 Å². The largest absolute Gasteiger partial charge is 0.407 e. The predicted octanol–water partition coefficient (Wildman–Crippen LogP) is 4.50. The van der Waals surface area contributed by atoms with Crippen molar-refractivity contribution < 1.29 is 4.57 Å². The number of pyridine rings is 1. The van der Waals surface area contributed by atoms with Gasteiger partial charge in [0.05, 0.1) is 0 Å². The van der Waals surface area contributed by atoms with Crippen LogP contribution in [0.3, 0.4) is 0 Å². The SMILES string of the molecule is CC1=c2ccccc2=C(C(C)(C)C)N(C)B1c1cc(CC2CCCCC2)c2ccccc2[n+]1C. The zero-order valence-electron chi connectivity index (χ0n) is 22.0. The molecule has 2 heterocycles. The monoisotopic (exact) mass is 451 g/mol. The lowest BCUT2D eigenvalue weighted by Crippen LogP contribution is -2.65. The summed E-state index contributed by atoms with van der Waals surface area (Å²) < 4.78 is 2.46. The van der Waals surface area contributed by atoms with Crippen LogP contribution in [0.4, 0.5) is 0 Å². The molecule has 0 unspecified atom stereocenters. The maximum atomic E-state index is 2.56. The topological polar surface area (TPSA) is 7.12 Å². The molecule has 34 heavy (non-hydrogen) atoms. The minimum absolute atomic E-state index is 0.0597. The summed E-state index contributed by atoms with van der Waals surface area (Å²) in [6.45, 7) is 9.62. The molecule has 176 valence electrons. The first kappa shape index (κ1) is 23.2. The molecule has 5 rings (SSSR count). The van der Waals surface area contributed by atoms with Gasteiger partial charge in [-0.3, -0.25) is 0 Å². The number of para-hydroxylation sites is 1. The molecule has 1 saturated carbocycles. The molecule has 0 N–H and O–H groups in total. The van der Waals surface area contributed by atoms with Crippen LogP contribution in [0, 0.1) is 11.3 Å². The quantitative estimate of drug-likeness (QED) is 0.420. The van der Waals surface area contributed by atoms with Crippen LogP contribution < -0.4 is 20.6 Å². The molecular weight excluding hydrogens is 411 g/mol. The molecule has 0 bridgehead atoms. The fraction of sp³-hybridized carbons (Fsp3) is 0.452. The van der Waals surface area contributed by atoms with E-state index in [2.05, 4.69) is 106 Å². The van der Waals surface area contributed by atoms with Crippen LogP contribution in [-0.2, 0) is 13.5 Å². The minimum Gasteiger partial charge on any atom is -0.407 e. The van der Waals surface area contributed by atoms with Gasteiger partial charge in [0, 0.05) is 28.6 Å². The van der Waals surface area contributed by atoms with Gasteiger partial charge in [-0.2, -0.15) is 0 Å². The molecule has 1 aliphatic heterocycles. The van der Waals surface area contributed by atoms with E-state index in [0.29, 0.717) is 0 Å². The first-order valence-corrected chi connectivity index (χ1v) is 13.2. The lowest BCUT2D eigenvalue weighted by Gasteiger charge is -2.39. The molecule has 1 aromatic heterocycles. The Morgan fingerprint density at radius 2 is 1.59 bits per heavy atom. The van der Waals surface area contributed by atoms with Crippen LogP contribution in [0.25, 0.3) is 22.1 Å². The van der Waals surface area contributed by atoms with Gasteiger partial charge in [0.15, 0.2) is 5.59 Å². The first-order valence-electron chi connectivity index (χ1n) is 13.2. The van der Waals surface area contributed by atoms with Crippen LogP contribution in [-0.4, -0.2) is 18.7 Å².